The molecule has 0 saturated heterocycles. The zero-order chi connectivity index (χ0) is 6.41. The average molecular weight is 164 g/mol. The third-order valence-corrected chi connectivity index (χ3v) is 2.98. The first-order chi connectivity index (χ1) is 3.81. The molecule has 0 saturated carbocycles. The predicted molar refractivity (Wildman–Crippen MR) is 48.5 cm³/mol. The summed E-state index contributed by atoms with van der Waals surface area (Å²) in [5.41, 5.74) is 0. The highest BCUT2D eigenvalue weighted by molar-refractivity contribution is 8.47. The molecule has 0 bridgehead atoms. The summed E-state index contributed by atoms with van der Waals surface area (Å²) in [4.78, 5) is 0. The van der Waals surface area contributed by atoms with Crippen molar-refractivity contribution >= 4 is 39.3 Å². The van der Waals surface area contributed by atoms with Crippen molar-refractivity contribution < 1.29 is 0 Å². The van der Waals surface area contributed by atoms with Gasteiger partial charge in [0.2, 0.25) is 0 Å². The van der Waals surface area contributed by atoms with Gasteiger partial charge in [0, 0.05) is 0 Å². The number of thioether (sulfide) groups is 2. The number of allylic oxidation sites excluding steroid dienone is 1. The lowest BCUT2D eigenvalue weighted by Crippen LogP contribution is -1.69. The van der Waals surface area contributed by atoms with Gasteiger partial charge in [-0.3, -0.25) is 0 Å². The van der Waals surface area contributed by atoms with Crippen LogP contribution in [0.2, 0.25) is 0 Å². The van der Waals surface area contributed by atoms with Crippen LogP contribution in [-0.4, -0.2) is 9.78 Å². The molecule has 0 fully saturated rings. The van der Waals surface area contributed by atoms with E-state index >= 15 is 0 Å². The van der Waals surface area contributed by atoms with Crippen LogP contribution in [0.5, 0.6) is 0 Å². The minimum Gasteiger partial charge on any atom is -0.111 e. The molecule has 0 heterocycles. The predicted octanol–water partition coefficient (Wildman–Crippen LogP) is 2.90. The summed E-state index contributed by atoms with van der Waals surface area (Å²) >= 11 is 8.09. The zero-order valence-electron chi connectivity index (χ0n) is 4.88. The molecule has 0 atom stereocenters. The molecule has 0 rings (SSSR count). The summed E-state index contributed by atoms with van der Waals surface area (Å²) in [6.45, 7) is 1.98. The molecule has 3 heteroatoms. The smallest absolute Gasteiger partial charge is 0.108 e. The van der Waals surface area contributed by atoms with Gasteiger partial charge in [0.05, 0.1) is 0 Å². The summed E-state index contributed by atoms with van der Waals surface area (Å²) in [5.74, 6) is 0. The molecule has 0 unspecified atom stereocenters. The van der Waals surface area contributed by atoms with Gasteiger partial charge in [-0.25, -0.2) is 0 Å². The monoisotopic (exact) mass is 164 g/mol. The maximum Gasteiger partial charge on any atom is 0.108 e. The maximum atomic E-state index is 4.90. The normalized spacial score (nSPS) is 10.2. The highest BCUT2D eigenvalue weighted by Gasteiger charge is 1.86. The van der Waals surface area contributed by atoms with Gasteiger partial charge in [-0.2, -0.15) is 0 Å². The molecule has 0 aromatic rings. The Kier molecular flexibility index (Phi) is 6.04. The molecule has 0 N–H and O–H groups in total. The quantitative estimate of drug-likeness (QED) is 0.547. The Morgan fingerprint density at radius 3 is 2.62 bits per heavy atom. The van der Waals surface area contributed by atoms with Crippen LogP contribution in [0, 0.1) is 0 Å². The highest BCUT2D eigenvalue weighted by atomic mass is 32.2. The minimum absolute atomic E-state index is 0.975. The second kappa shape index (κ2) is 5.66. The molecule has 0 aliphatic carbocycles. The second-order valence-corrected chi connectivity index (χ2v) is 3.96. The second-order valence-electron chi connectivity index (χ2n) is 1.04. The molecule has 0 aliphatic heterocycles. The summed E-state index contributed by atoms with van der Waals surface area (Å²) in [7, 11) is 0. The third-order valence-electron chi connectivity index (χ3n) is 0.467. The molecular weight excluding hydrogens is 156 g/mol. The largest absolute Gasteiger partial charge is 0.111 e. The van der Waals surface area contributed by atoms with Crippen molar-refractivity contribution in [2.75, 3.05) is 6.26 Å². The lowest BCUT2D eigenvalue weighted by molar-refractivity contribution is 1.79. The third kappa shape index (κ3) is 4.68. The standard InChI is InChI=1S/C5H8S3/c1-3-4-8-5(6)7-2/h3-4H,1-2H3/b4-3+. The Morgan fingerprint density at radius 1 is 1.62 bits per heavy atom. The Morgan fingerprint density at radius 2 is 2.25 bits per heavy atom. The lowest BCUT2D eigenvalue weighted by atomic mass is 10.8. The Labute approximate surface area is 64.1 Å². The lowest BCUT2D eigenvalue weighted by Gasteiger charge is -1.88. The van der Waals surface area contributed by atoms with Gasteiger partial charge in [0.15, 0.2) is 0 Å². The molecule has 8 heavy (non-hydrogen) atoms. The summed E-state index contributed by atoms with van der Waals surface area (Å²) in [5, 5.41) is 1.98. The van der Waals surface area contributed by atoms with Crippen molar-refractivity contribution in [2.45, 2.75) is 6.92 Å². The molecule has 0 amide bonds. The molecule has 0 spiro atoms. The van der Waals surface area contributed by atoms with Gasteiger partial charge in [-0.05, 0) is 18.6 Å². The van der Waals surface area contributed by atoms with Gasteiger partial charge in [-0.15, -0.1) is 11.8 Å². The van der Waals surface area contributed by atoms with Crippen LogP contribution in [-0.2, 0) is 0 Å². The molecule has 46 valence electrons. The molecule has 0 nitrogen and oxygen atoms in total. The molecule has 0 aromatic heterocycles. The van der Waals surface area contributed by atoms with Crippen LogP contribution in [0.3, 0.4) is 0 Å². The van der Waals surface area contributed by atoms with Crippen molar-refractivity contribution in [1.82, 2.24) is 0 Å². The van der Waals surface area contributed by atoms with E-state index in [1.165, 1.54) is 0 Å². The number of thiocarbonyl (C=S) groups is 1. The van der Waals surface area contributed by atoms with E-state index in [-0.39, 0.29) is 0 Å². The Hall–Kier alpha value is 0.530. The van der Waals surface area contributed by atoms with Gasteiger partial charge in [0.25, 0.3) is 0 Å². The van der Waals surface area contributed by atoms with E-state index in [0.717, 1.165) is 3.53 Å². The van der Waals surface area contributed by atoms with E-state index in [9.17, 15) is 0 Å². The van der Waals surface area contributed by atoms with E-state index in [1.807, 2.05) is 24.7 Å². The maximum absolute atomic E-state index is 4.90. The van der Waals surface area contributed by atoms with Crippen LogP contribution in [0.15, 0.2) is 11.5 Å². The topological polar surface area (TPSA) is 0 Å². The highest BCUT2D eigenvalue weighted by Crippen LogP contribution is 2.14. The molecule has 0 aliphatic rings. The van der Waals surface area contributed by atoms with Crippen molar-refractivity contribution in [3.63, 3.8) is 0 Å². The van der Waals surface area contributed by atoms with Crippen molar-refractivity contribution in [1.29, 1.82) is 0 Å². The van der Waals surface area contributed by atoms with E-state index in [2.05, 4.69) is 0 Å². The van der Waals surface area contributed by atoms with Gasteiger partial charge >= 0.3 is 0 Å². The van der Waals surface area contributed by atoms with Crippen LogP contribution in [0.25, 0.3) is 0 Å². The van der Waals surface area contributed by atoms with Crippen molar-refractivity contribution in [3.8, 4) is 0 Å². The Balaban J connectivity index is 3.25. The van der Waals surface area contributed by atoms with E-state index in [0.29, 0.717) is 0 Å². The van der Waals surface area contributed by atoms with Crippen LogP contribution in [0.1, 0.15) is 6.92 Å². The fourth-order valence-corrected chi connectivity index (χ4v) is 1.14. The number of hydrogen-bond acceptors (Lipinski definition) is 3. The van der Waals surface area contributed by atoms with Gasteiger partial charge in [-0.1, -0.05) is 30.1 Å². The number of rotatable bonds is 1. The first-order valence-corrected chi connectivity index (χ1v) is 4.68. The van der Waals surface area contributed by atoms with E-state index in [1.54, 1.807) is 23.5 Å². The summed E-state index contributed by atoms with van der Waals surface area (Å²) in [6, 6.07) is 0. The first kappa shape index (κ1) is 8.53. The fourth-order valence-electron chi connectivity index (χ4n) is 0.172. The van der Waals surface area contributed by atoms with Crippen molar-refractivity contribution in [2.24, 2.45) is 0 Å². The van der Waals surface area contributed by atoms with E-state index < -0.39 is 0 Å². The number of hydrogen-bond donors (Lipinski definition) is 0. The van der Waals surface area contributed by atoms with Gasteiger partial charge in [0.1, 0.15) is 3.53 Å². The zero-order valence-corrected chi connectivity index (χ0v) is 7.33. The minimum atomic E-state index is 0.975. The van der Waals surface area contributed by atoms with E-state index in [4.69, 9.17) is 12.2 Å². The fraction of sp³-hybridized carbons (Fsp3) is 0.400. The average Bonchev–Trinajstić information content (AvgIpc) is 1.83. The first-order valence-electron chi connectivity index (χ1n) is 2.17. The molecular formula is C5H8S3. The van der Waals surface area contributed by atoms with Crippen LogP contribution >= 0.6 is 35.7 Å². The molecule has 0 radical (unpaired) electrons. The Bertz CT molecular complexity index is 95.8. The van der Waals surface area contributed by atoms with Gasteiger partial charge < -0.3 is 0 Å². The molecule has 0 aromatic carbocycles. The van der Waals surface area contributed by atoms with Crippen LogP contribution < -0.4 is 0 Å². The SMILES string of the molecule is C/C=C/SC(=S)SC. The summed E-state index contributed by atoms with van der Waals surface area (Å²) < 4.78 is 0.975. The summed E-state index contributed by atoms with van der Waals surface area (Å²) in [6.07, 6.45) is 3.96. The van der Waals surface area contributed by atoms with Crippen molar-refractivity contribution in [3.05, 3.63) is 11.5 Å². The van der Waals surface area contributed by atoms with Crippen LogP contribution in [0.4, 0.5) is 0 Å².